The lowest BCUT2D eigenvalue weighted by Gasteiger charge is -2.56. The number of hydrogen-bond donors (Lipinski definition) is 1. The first kappa shape index (κ1) is 19.8. The number of fused-ring (bicyclic) bond motifs is 5. The van der Waals surface area contributed by atoms with Crippen LogP contribution in [0.1, 0.15) is 77.2 Å². The molecule has 4 fully saturated rings. The quantitative estimate of drug-likeness (QED) is 0.797. The van der Waals surface area contributed by atoms with E-state index in [2.05, 4.69) is 12.0 Å². The van der Waals surface area contributed by atoms with Crippen molar-refractivity contribution in [1.29, 1.82) is 0 Å². The molecule has 0 bridgehead atoms. The number of carbonyl (C=O) groups is 1. The fraction of sp³-hybridized carbons (Fsp3) is 0.840. The van der Waals surface area contributed by atoms with Gasteiger partial charge in [0.2, 0.25) is 0 Å². The number of aromatic nitrogens is 2. The Morgan fingerprint density at radius 1 is 1.10 bits per heavy atom. The zero-order chi connectivity index (χ0) is 20.4. The van der Waals surface area contributed by atoms with Gasteiger partial charge in [0.1, 0.15) is 0 Å². The van der Waals surface area contributed by atoms with E-state index in [1.54, 1.807) is 0 Å². The molecule has 0 unspecified atom stereocenters. The van der Waals surface area contributed by atoms with E-state index in [1.165, 1.54) is 38.5 Å². The minimum Gasteiger partial charge on any atom is -0.390 e. The molecule has 4 saturated carbocycles. The first-order valence-corrected chi connectivity index (χ1v) is 12.0. The second kappa shape index (κ2) is 6.93. The van der Waals surface area contributed by atoms with Gasteiger partial charge in [-0.1, -0.05) is 6.92 Å². The van der Waals surface area contributed by atoms with Gasteiger partial charge in [-0.2, -0.15) is 5.10 Å². The molecule has 160 valence electrons. The second-order valence-electron chi connectivity index (χ2n) is 11.5. The maximum atomic E-state index is 13.3. The first-order valence-electron chi connectivity index (χ1n) is 12.0. The molecule has 4 aliphatic carbocycles. The SMILES string of the molecule is Cc1cnn(CC(=O)[C@H]2CC[C@H]3[C@@H]4CC[C@H]5C[C@](C)(O)CC[C@@H]5[C@H]4CC[C@]23C)c1. The van der Waals surface area contributed by atoms with Crippen LogP contribution in [0, 0.1) is 47.8 Å². The van der Waals surface area contributed by atoms with Gasteiger partial charge in [0.25, 0.3) is 0 Å². The Morgan fingerprint density at radius 2 is 1.90 bits per heavy atom. The summed E-state index contributed by atoms with van der Waals surface area (Å²) in [7, 11) is 0. The Balaban J connectivity index is 1.31. The number of Topliss-reactive ketones (excluding diaryl/α,β-unsaturated/α-hetero) is 1. The maximum absolute atomic E-state index is 13.3. The first-order chi connectivity index (χ1) is 13.8. The van der Waals surface area contributed by atoms with Gasteiger partial charge < -0.3 is 5.11 Å². The van der Waals surface area contributed by atoms with Gasteiger partial charge in [-0.3, -0.25) is 9.48 Å². The molecule has 0 saturated heterocycles. The van der Waals surface area contributed by atoms with Crippen molar-refractivity contribution in [2.45, 2.75) is 90.7 Å². The zero-order valence-electron chi connectivity index (χ0n) is 18.4. The van der Waals surface area contributed by atoms with Crippen molar-refractivity contribution in [3.05, 3.63) is 18.0 Å². The van der Waals surface area contributed by atoms with Crippen molar-refractivity contribution in [3.63, 3.8) is 0 Å². The van der Waals surface area contributed by atoms with Crippen molar-refractivity contribution >= 4 is 5.78 Å². The van der Waals surface area contributed by atoms with Crippen molar-refractivity contribution < 1.29 is 9.90 Å². The zero-order valence-corrected chi connectivity index (χ0v) is 18.4. The van der Waals surface area contributed by atoms with Crippen LogP contribution >= 0.6 is 0 Å². The highest BCUT2D eigenvalue weighted by Crippen LogP contribution is 2.64. The molecule has 4 aliphatic rings. The molecule has 4 heteroatoms. The van der Waals surface area contributed by atoms with E-state index in [-0.39, 0.29) is 11.3 Å². The molecule has 1 N–H and O–H groups in total. The highest BCUT2D eigenvalue weighted by molar-refractivity contribution is 5.82. The summed E-state index contributed by atoms with van der Waals surface area (Å²) < 4.78 is 1.83. The highest BCUT2D eigenvalue weighted by Gasteiger charge is 2.58. The van der Waals surface area contributed by atoms with Crippen molar-refractivity contribution in [3.8, 4) is 0 Å². The molecule has 1 aromatic heterocycles. The minimum absolute atomic E-state index is 0.188. The third-order valence-electron chi connectivity index (χ3n) is 9.71. The molecule has 0 aliphatic heterocycles. The molecular formula is C25H38N2O2. The Labute approximate surface area is 175 Å². The Morgan fingerprint density at radius 3 is 2.66 bits per heavy atom. The van der Waals surface area contributed by atoms with E-state index in [1.807, 2.05) is 30.9 Å². The largest absolute Gasteiger partial charge is 0.390 e. The van der Waals surface area contributed by atoms with E-state index in [9.17, 15) is 9.90 Å². The third-order valence-corrected chi connectivity index (χ3v) is 9.71. The van der Waals surface area contributed by atoms with Crippen LogP contribution in [-0.4, -0.2) is 26.3 Å². The summed E-state index contributed by atoms with van der Waals surface area (Å²) in [5.41, 5.74) is 0.873. The minimum atomic E-state index is -0.438. The normalized spacial score (nSPS) is 46.6. The number of rotatable bonds is 3. The van der Waals surface area contributed by atoms with E-state index < -0.39 is 5.60 Å². The number of aliphatic hydroxyl groups is 1. The van der Waals surface area contributed by atoms with Crippen LogP contribution in [0.4, 0.5) is 0 Å². The van der Waals surface area contributed by atoms with E-state index in [0.717, 1.165) is 54.4 Å². The fourth-order valence-electron chi connectivity index (χ4n) is 8.43. The lowest BCUT2D eigenvalue weighted by molar-refractivity contribution is -0.133. The van der Waals surface area contributed by atoms with Crippen LogP contribution in [0.3, 0.4) is 0 Å². The van der Waals surface area contributed by atoms with Crippen molar-refractivity contribution in [2.24, 2.45) is 40.9 Å². The fourth-order valence-corrected chi connectivity index (χ4v) is 8.43. The van der Waals surface area contributed by atoms with Gasteiger partial charge in [-0.15, -0.1) is 0 Å². The number of ketones is 1. The second-order valence-corrected chi connectivity index (χ2v) is 11.5. The number of hydrogen-bond acceptors (Lipinski definition) is 3. The van der Waals surface area contributed by atoms with Gasteiger partial charge in [0, 0.05) is 12.1 Å². The molecule has 0 radical (unpaired) electrons. The number of aryl methyl sites for hydroxylation is 1. The summed E-state index contributed by atoms with van der Waals surface area (Å²) in [6, 6.07) is 0. The molecule has 5 rings (SSSR count). The predicted octanol–water partition coefficient (Wildman–Crippen LogP) is 4.78. The summed E-state index contributed by atoms with van der Waals surface area (Å²) in [6.45, 7) is 6.95. The molecule has 4 nitrogen and oxygen atoms in total. The molecule has 0 aromatic carbocycles. The summed E-state index contributed by atoms with van der Waals surface area (Å²) in [4.78, 5) is 13.3. The van der Waals surface area contributed by atoms with Crippen LogP contribution in [0.2, 0.25) is 0 Å². The van der Waals surface area contributed by atoms with Crippen molar-refractivity contribution in [1.82, 2.24) is 9.78 Å². The lowest BCUT2D eigenvalue weighted by Crippen LogP contribution is -2.51. The maximum Gasteiger partial charge on any atom is 0.157 e. The standard InChI is InChI=1S/C25H38N2O2/c1-16-13-26-27(14-16)15-23(28)22-7-6-21-20-5-4-17-12-24(2,29)10-8-18(17)19(20)9-11-25(21,22)3/h13-14,17-22,29H,4-12,15H2,1-3H3/t17-,18-,19+,20+,21-,22+,24+,25-/m0/s1. The van der Waals surface area contributed by atoms with Crippen LogP contribution in [-0.2, 0) is 11.3 Å². The smallest absolute Gasteiger partial charge is 0.157 e. The average molecular weight is 399 g/mol. The van der Waals surface area contributed by atoms with Gasteiger partial charge in [0.15, 0.2) is 5.78 Å². The molecule has 0 spiro atoms. The highest BCUT2D eigenvalue weighted by atomic mass is 16.3. The van der Waals surface area contributed by atoms with Gasteiger partial charge >= 0.3 is 0 Å². The van der Waals surface area contributed by atoms with E-state index in [4.69, 9.17) is 0 Å². The summed E-state index contributed by atoms with van der Waals surface area (Å²) in [6.07, 6.45) is 14.5. The van der Waals surface area contributed by atoms with Gasteiger partial charge in [0.05, 0.1) is 18.3 Å². The third kappa shape index (κ3) is 3.30. The summed E-state index contributed by atoms with van der Waals surface area (Å²) in [5, 5.41) is 14.9. The Kier molecular flexibility index (Phi) is 4.73. The number of carbonyl (C=O) groups excluding carboxylic acids is 1. The van der Waals surface area contributed by atoms with Crippen LogP contribution in [0.5, 0.6) is 0 Å². The predicted molar refractivity (Wildman–Crippen MR) is 113 cm³/mol. The van der Waals surface area contributed by atoms with E-state index in [0.29, 0.717) is 12.3 Å². The van der Waals surface area contributed by atoms with Gasteiger partial charge in [-0.05, 0) is 112 Å². The molecule has 1 heterocycles. The molecule has 0 amide bonds. The average Bonchev–Trinajstić information content (AvgIpc) is 3.22. The molecular weight excluding hydrogens is 360 g/mol. The topological polar surface area (TPSA) is 55.1 Å². The van der Waals surface area contributed by atoms with Crippen molar-refractivity contribution in [2.75, 3.05) is 0 Å². The molecule has 8 atom stereocenters. The van der Waals surface area contributed by atoms with Crippen LogP contribution in [0.15, 0.2) is 12.4 Å². The Bertz CT molecular complexity index is 784. The lowest BCUT2D eigenvalue weighted by atomic mass is 9.49. The molecule has 1 aromatic rings. The number of nitrogens with zero attached hydrogens (tertiary/aromatic N) is 2. The summed E-state index contributed by atoms with van der Waals surface area (Å²) in [5.74, 6) is 4.53. The summed E-state index contributed by atoms with van der Waals surface area (Å²) >= 11 is 0. The van der Waals surface area contributed by atoms with E-state index >= 15 is 0 Å². The van der Waals surface area contributed by atoms with Gasteiger partial charge in [-0.25, -0.2) is 0 Å². The molecule has 29 heavy (non-hydrogen) atoms. The van der Waals surface area contributed by atoms with Crippen LogP contribution in [0.25, 0.3) is 0 Å². The monoisotopic (exact) mass is 398 g/mol. The van der Waals surface area contributed by atoms with Crippen LogP contribution < -0.4 is 0 Å². The Hall–Kier alpha value is -1.16.